The maximum atomic E-state index is 12.5. The largest absolute Gasteiger partial charge is 0.401 e. The second kappa shape index (κ2) is 6.44. The minimum atomic E-state index is -4.29. The number of hydrogen-bond donors (Lipinski definition) is 2. The molecule has 0 aliphatic heterocycles. The van der Waals surface area contributed by atoms with E-state index in [2.05, 4.69) is 5.32 Å². The lowest BCUT2D eigenvalue weighted by Crippen LogP contribution is -2.41. The molecule has 116 valence electrons. The van der Waals surface area contributed by atoms with Gasteiger partial charge in [0, 0.05) is 18.3 Å². The fraction of sp³-hybridized carbons (Fsp3) is 0.500. The van der Waals surface area contributed by atoms with Gasteiger partial charge in [0.2, 0.25) is 5.91 Å². The summed E-state index contributed by atoms with van der Waals surface area (Å²) in [6, 6.07) is 6.85. The van der Waals surface area contributed by atoms with Gasteiger partial charge in [-0.15, -0.1) is 0 Å². The number of amides is 1. The van der Waals surface area contributed by atoms with Crippen molar-refractivity contribution in [2.45, 2.75) is 31.6 Å². The van der Waals surface area contributed by atoms with Crippen molar-refractivity contribution in [2.24, 2.45) is 5.73 Å². The molecule has 0 radical (unpaired) electrons. The van der Waals surface area contributed by atoms with Gasteiger partial charge in [0.25, 0.3) is 0 Å². The third kappa shape index (κ3) is 5.02. The Kier molecular flexibility index (Phi) is 4.84. The van der Waals surface area contributed by atoms with E-state index in [1.807, 2.05) is 0 Å². The second-order valence-electron chi connectivity index (χ2n) is 5.16. The van der Waals surface area contributed by atoms with Crippen molar-refractivity contribution < 1.29 is 18.0 Å². The molecule has 1 aliphatic carbocycles. The Labute approximate surface area is 121 Å². The SMILES string of the molecule is NCc1ccccc1NC(=O)CN(CC(F)(F)F)C1CC1. The van der Waals surface area contributed by atoms with Crippen molar-refractivity contribution in [1.82, 2.24) is 4.90 Å². The summed E-state index contributed by atoms with van der Waals surface area (Å²) in [6.07, 6.45) is -2.87. The van der Waals surface area contributed by atoms with E-state index in [1.54, 1.807) is 24.3 Å². The molecule has 1 aromatic carbocycles. The van der Waals surface area contributed by atoms with Gasteiger partial charge >= 0.3 is 6.18 Å². The smallest absolute Gasteiger partial charge is 0.326 e. The molecular formula is C14H18F3N3O. The van der Waals surface area contributed by atoms with Crippen molar-refractivity contribution in [2.75, 3.05) is 18.4 Å². The number of nitrogens with one attached hydrogen (secondary N) is 1. The first-order valence-electron chi connectivity index (χ1n) is 6.77. The van der Waals surface area contributed by atoms with Crippen LogP contribution in [0.15, 0.2) is 24.3 Å². The minimum absolute atomic E-state index is 0.137. The van der Waals surface area contributed by atoms with Crippen molar-refractivity contribution >= 4 is 11.6 Å². The van der Waals surface area contributed by atoms with Crippen LogP contribution < -0.4 is 11.1 Å². The molecule has 1 saturated carbocycles. The van der Waals surface area contributed by atoms with Crippen LogP contribution in [0.1, 0.15) is 18.4 Å². The number of nitrogens with zero attached hydrogens (tertiary/aromatic N) is 1. The third-order valence-electron chi connectivity index (χ3n) is 3.30. The van der Waals surface area contributed by atoms with Crippen molar-refractivity contribution in [1.29, 1.82) is 0 Å². The van der Waals surface area contributed by atoms with E-state index in [9.17, 15) is 18.0 Å². The summed E-state index contributed by atoms with van der Waals surface area (Å²) >= 11 is 0. The summed E-state index contributed by atoms with van der Waals surface area (Å²) < 4.78 is 37.5. The molecule has 0 aromatic heterocycles. The second-order valence-corrected chi connectivity index (χ2v) is 5.16. The molecule has 1 fully saturated rings. The molecule has 0 saturated heterocycles. The van der Waals surface area contributed by atoms with Crippen molar-refractivity contribution in [3.05, 3.63) is 29.8 Å². The van der Waals surface area contributed by atoms with Crippen molar-refractivity contribution in [3.63, 3.8) is 0 Å². The molecule has 1 amide bonds. The molecule has 21 heavy (non-hydrogen) atoms. The third-order valence-corrected chi connectivity index (χ3v) is 3.30. The van der Waals surface area contributed by atoms with Gasteiger partial charge in [0.05, 0.1) is 13.1 Å². The number of anilines is 1. The van der Waals surface area contributed by atoms with Crippen LogP contribution in [0.2, 0.25) is 0 Å². The monoisotopic (exact) mass is 301 g/mol. The fourth-order valence-corrected chi connectivity index (χ4v) is 2.18. The van der Waals surface area contributed by atoms with E-state index in [0.29, 0.717) is 18.5 Å². The molecule has 1 aromatic rings. The molecule has 7 heteroatoms. The predicted octanol–water partition coefficient (Wildman–Crippen LogP) is 2.11. The molecule has 0 atom stereocenters. The number of rotatable bonds is 6. The molecule has 0 spiro atoms. The topological polar surface area (TPSA) is 58.4 Å². The zero-order valence-electron chi connectivity index (χ0n) is 11.5. The van der Waals surface area contributed by atoms with Gasteiger partial charge in [0.1, 0.15) is 0 Å². The van der Waals surface area contributed by atoms with E-state index >= 15 is 0 Å². The summed E-state index contributed by atoms with van der Waals surface area (Å²) in [4.78, 5) is 13.1. The van der Waals surface area contributed by atoms with Crippen LogP contribution in [0.5, 0.6) is 0 Å². The number of alkyl halides is 3. The van der Waals surface area contributed by atoms with Crippen LogP contribution in [0.3, 0.4) is 0 Å². The van der Waals surface area contributed by atoms with Gasteiger partial charge in [-0.3, -0.25) is 9.69 Å². The number of halogens is 3. The molecule has 4 nitrogen and oxygen atoms in total. The predicted molar refractivity (Wildman–Crippen MR) is 73.6 cm³/mol. The Morgan fingerprint density at radius 2 is 2.00 bits per heavy atom. The van der Waals surface area contributed by atoms with Gasteiger partial charge in [-0.1, -0.05) is 18.2 Å². The lowest BCUT2D eigenvalue weighted by Gasteiger charge is -2.23. The standard InChI is InChI=1S/C14H18F3N3O/c15-14(16,17)9-20(11-5-6-11)8-13(21)19-12-4-2-1-3-10(12)7-18/h1-4,11H,5-9,18H2,(H,19,21). The molecule has 1 aliphatic rings. The number of para-hydroxylation sites is 1. The first-order chi connectivity index (χ1) is 9.89. The Morgan fingerprint density at radius 1 is 1.33 bits per heavy atom. The summed E-state index contributed by atoms with van der Waals surface area (Å²) in [5.41, 5.74) is 6.86. The minimum Gasteiger partial charge on any atom is -0.326 e. The van der Waals surface area contributed by atoms with Crippen LogP contribution in [-0.4, -0.2) is 36.1 Å². The number of nitrogens with two attached hydrogens (primary N) is 1. The molecule has 3 N–H and O–H groups in total. The first kappa shape index (κ1) is 15.8. The van der Waals surface area contributed by atoms with Crippen LogP contribution in [0.25, 0.3) is 0 Å². The van der Waals surface area contributed by atoms with E-state index in [-0.39, 0.29) is 19.1 Å². The quantitative estimate of drug-likeness (QED) is 0.846. The Morgan fingerprint density at radius 3 is 2.57 bits per heavy atom. The highest BCUT2D eigenvalue weighted by molar-refractivity contribution is 5.93. The maximum Gasteiger partial charge on any atom is 0.401 e. The lowest BCUT2D eigenvalue weighted by atomic mass is 10.2. The zero-order chi connectivity index (χ0) is 15.5. The zero-order valence-corrected chi connectivity index (χ0v) is 11.5. The summed E-state index contributed by atoms with van der Waals surface area (Å²) in [7, 11) is 0. The molecule has 0 unspecified atom stereocenters. The number of hydrogen-bond acceptors (Lipinski definition) is 3. The van der Waals surface area contributed by atoms with Gasteiger partial charge in [-0.25, -0.2) is 0 Å². The number of carbonyl (C=O) groups excluding carboxylic acids is 1. The van der Waals surface area contributed by atoms with E-state index < -0.39 is 18.6 Å². The lowest BCUT2D eigenvalue weighted by molar-refractivity contribution is -0.149. The van der Waals surface area contributed by atoms with Gasteiger partial charge in [-0.2, -0.15) is 13.2 Å². The first-order valence-corrected chi connectivity index (χ1v) is 6.77. The van der Waals surface area contributed by atoms with Gasteiger partial charge in [-0.05, 0) is 24.5 Å². The Balaban J connectivity index is 1.96. The van der Waals surface area contributed by atoms with Crippen molar-refractivity contribution in [3.8, 4) is 0 Å². The average Bonchev–Trinajstić information content (AvgIpc) is 3.21. The highest BCUT2D eigenvalue weighted by Crippen LogP contribution is 2.29. The number of benzene rings is 1. The van der Waals surface area contributed by atoms with E-state index in [1.165, 1.54) is 4.90 Å². The van der Waals surface area contributed by atoms with E-state index in [0.717, 1.165) is 5.56 Å². The van der Waals surface area contributed by atoms with E-state index in [4.69, 9.17) is 5.73 Å². The van der Waals surface area contributed by atoms with Crippen LogP contribution in [-0.2, 0) is 11.3 Å². The van der Waals surface area contributed by atoms with Crippen LogP contribution in [0.4, 0.5) is 18.9 Å². The molecule has 0 heterocycles. The highest BCUT2D eigenvalue weighted by Gasteiger charge is 2.38. The number of carbonyl (C=O) groups is 1. The highest BCUT2D eigenvalue weighted by atomic mass is 19.4. The van der Waals surface area contributed by atoms with Gasteiger partial charge in [0.15, 0.2) is 0 Å². The molecule has 0 bridgehead atoms. The maximum absolute atomic E-state index is 12.5. The molecule has 2 rings (SSSR count). The Hall–Kier alpha value is -1.60. The van der Waals surface area contributed by atoms with Crippen LogP contribution >= 0.6 is 0 Å². The average molecular weight is 301 g/mol. The Bertz CT molecular complexity index is 500. The fourth-order valence-electron chi connectivity index (χ4n) is 2.18. The summed E-state index contributed by atoms with van der Waals surface area (Å²) in [5, 5.41) is 2.63. The van der Waals surface area contributed by atoms with Gasteiger partial charge < -0.3 is 11.1 Å². The summed E-state index contributed by atoms with van der Waals surface area (Å²) in [5.74, 6) is -0.452. The summed E-state index contributed by atoms with van der Waals surface area (Å²) in [6.45, 7) is -1.06. The van der Waals surface area contributed by atoms with Crippen LogP contribution in [0, 0.1) is 0 Å². The molecular weight excluding hydrogens is 283 g/mol. The normalized spacial score (nSPS) is 15.3.